The maximum atomic E-state index is 9.54. The van der Waals surface area contributed by atoms with Crippen molar-refractivity contribution in [2.24, 2.45) is 0 Å². The van der Waals surface area contributed by atoms with Gasteiger partial charge in [-0.05, 0) is 44.5 Å². The molecule has 0 spiro atoms. The fourth-order valence-corrected chi connectivity index (χ4v) is 3.90. The molecule has 0 saturated carbocycles. The molecule has 4 rings (SSSR count). The first-order chi connectivity index (χ1) is 12.3. The van der Waals surface area contributed by atoms with E-state index in [-0.39, 0.29) is 6.10 Å². The number of anilines is 1. The third-order valence-corrected chi connectivity index (χ3v) is 5.27. The van der Waals surface area contributed by atoms with Crippen LogP contribution in [-0.2, 0) is 4.74 Å². The molecule has 0 N–H and O–H groups in total. The second-order valence-corrected chi connectivity index (χ2v) is 6.95. The first-order valence-electron chi connectivity index (χ1n) is 9.31. The summed E-state index contributed by atoms with van der Waals surface area (Å²) in [6.45, 7) is 5.98. The van der Waals surface area contributed by atoms with Gasteiger partial charge < -0.3 is 14.5 Å². The predicted octanol–water partition coefficient (Wildman–Crippen LogP) is 2.29. The van der Waals surface area contributed by atoms with Crippen LogP contribution in [0.5, 0.6) is 0 Å². The van der Waals surface area contributed by atoms with Crippen molar-refractivity contribution >= 4 is 11.5 Å². The molecule has 6 heteroatoms. The van der Waals surface area contributed by atoms with Crippen molar-refractivity contribution in [2.75, 3.05) is 44.2 Å². The number of nitriles is 1. The van der Waals surface area contributed by atoms with E-state index in [9.17, 15) is 5.26 Å². The molecule has 6 nitrogen and oxygen atoms in total. The minimum Gasteiger partial charge on any atom is -0.375 e. The van der Waals surface area contributed by atoms with E-state index in [1.165, 1.54) is 32.4 Å². The summed E-state index contributed by atoms with van der Waals surface area (Å²) in [5.41, 5.74) is 1.44. The van der Waals surface area contributed by atoms with Gasteiger partial charge in [0.1, 0.15) is 11.7 Å². The van der Waals surface area contributed by atoms with Crippen LogP contribution < -0.4 is 4.90 Å². The predicted molar refractivity (Wildman–Crippen MR) is 96.8 cm³/mol. The summed E-state index contributed by atoms with van der Waals surface area (Å²) in [5.74, 6) is 0.788. The number of imidazole rings is 1. The summed E-state index contributed by atoms with van der Waals surface area (Å²) in [4.78, 5) is 9.35. The molecule has 0 aromatic carbocycles. The highest BCUT2D eigenvalue weighted by Gasteiger charge is 2.27. The molecule has 132 valence electrons. The minimum atomic E-state index is 0.237. The standard InChI is InChI=1S/C19H25N5O/c20-14-17-19(21-18-6-2-5-10-24(17)18)23-11-7-16(15-23)25-13-12-22-8-3-1-4-9-22/h2,5-6,10,16H,1,3-4,7-9,11-13,15H2/t16-/m1/s1. The first-order valence-corrected chi connectivity index (χ1v) is 9.31. The van der Waals surface area contributed by atoms with Crippen molar-refractivity contribution in [3.8, 4) is 6.07 Å². The van der Waals surface area contributed by atoms with Crippen LogP contribution in [0.4, 0.5) is 5.82 Å². The summed E-state index contributed by atoms with van der Waals surface area (Å²) < 4.78 is 7.97. The number of aromatic nitrogens is 2. The largest absolute Gasteiger partial charge is 0.375 e. The molecule has 2 aromatic heterocycles. The fourth-order valence-electron chi connectivity index (χ4n) is 3.90. The molecule has 2 saturated heterocycles. The fraction of sp³-hybridized carbons (Fsp3) is 0.579. The lowest BCUT2D eigenvalue weighted by Crippen LogP contribution is -2.34. The molecular formula is C19H25N5O. The third kappa shape index (κ3) is 3.48. The lowest BCUT2D eigenvalue weighted by atomic mass is 10.1. The van der Waals surface area contributed by atoms with E-state index in [4.69, 9.17) is 4.74 Å². The summed E-state index contributed by atoms with van der Waals surface area (Å²) >= 11 is 0. The van der Waals surface area contributed by atoms with E-state index in [1.807, 2.05) is 28.8 Å². The number of likely N-dealkylation sites (tertiary alicyclic amines) is 1. The number of hydrogen-bond acceptors (Lipinski definition) is 5. The molecule has 0 bridgehead atoms. The van der Waals surface area contributed by atoms with E-state index in [0.29, 0.717) is 5.69 Å². The number of rotatable bonds is 5. The van der Waals surface area contributed by atoms with Crippen molar-refractivity contribution in [2.45, 2.75) is 31.8 Å². The van der Waals surface area contributed by atoms with Gasteiger partial charge in [0.2, 0.25) is 0 Å². The van der Waals surface area contributed by atoms with Crippen LogP contribution in [0.15, 0.2) is 24.4 Å². The third-order valence-electron chi connectivity index (χ3n) is 5.27. The Kier molecular flexibility index (Phi) is 4.86. The molecular weight excluding hydrogens is 314 g/mol. The first kappa shape index (κ1) is 16.4. The van der Waals surface area contributed by atoms with E-state index in [1.54, 1.807) is 0 Å². The molecule has 1 atom stereocenters. The average Bonchev–Trinajstić information content (AvgIpc) is 3.26. The summed E-state index contributed by atoms with van der Waals surface area (Å²) in [6.07, 6.45) is 7.14. The Hall–Kier alpha value is -2.10. The van der Waals surface area contributed by atoms with Gasteiger partial charge in [-0.1, -0.05) is 12.5 Å². The maximum absolute atomic E-state index is 9.54. The average molecular weight is 339 g/mol. The normalized spacial score (nSPS) is 21.7. The number of hydrogen-bond donors (Lipinski definition) is 0. The van der Waals surface area contributed by atoms with Crippen LogP contribution in [0, 0.1) is 11.3 Å². The Morgan fingerprint density at radius 3 is 2.92 bits per heavy atom. The monoisotopic (exact) mass is 339 g/mol. The van der Waals surface area contributed by atoms with Gasteiger partial charge in [-0.2, -0.15) is 5.26 Å². The van der Waals surface area contributed by atoms with Gasteiger partial charge in [-0.15, -0.1) is 0 Å². The van der Waals surface area contributed by atoms with Crippen LogP contribution in [0.3, 0.4) is 0 Å². The Bertz CT molecular complexity index is 759. The van der Waals surface area contributed by atoms with Gasteiger partial charge in [0.05, 0.1) is 12.7 Å². The Morgan fingerprint density at radius 2 is 2.08 bits per heavy atom. The molecule has 0 aliphatic carbocycles. The number of ether oxygens (including phenoxy) is 1. The topological polar surface area (TPSA) is 56.8 Å². The Morgan fingerprint density at radius 1 is 1.20 bits per heavy atom. The van der Waals surface area contributed by atoms with Crippen molar-refractivity contribution in [1.29, 1.82) is 5.26 Å². The quantitative estimate of drug-likeness (QED) is 0.836. The molecule has 4 heterocycles. The van der Waals surface area contributed by atoms with Crippen molar-refractivity contribution < 1.29 is 4.74 Å². The molecule has 2 aliphatic rings. The van der Waals surface area contributed by atoms with E-state index in [0.717, 1.165) is 44.1 Å². The van der Waals surface area contributed by atoms with Crippen LogP contribution in [0.25, 0.3) is 5.65 Å². The number of piperidine rings is 1. The van der Waals surface area contributed by atoms with Gasteiger partial charge in [0.15, 0.2) is 11.5 Å². The highest BCUT2D eigenvalue weighted by atomic mass is 16.5. The maximum Gasteiger partial charge on any atom is 0.169 e. The summed E-state index contributed by atoms with van der Waals surface area (Å²) in [6, 6.07) is 8.12. The van der Waals surface area contributed by atoms with Crippen molar-refractivity contribution in [1.82, 2.24) is 14.3 Å². The summed E-state index contributed by atoms with van der Waals surface area (Å²) in [5, 5.41) is 9.54. The zero-order chi connectivity index (χ0) is 17.1. The van der Waals surface area contributed by atoms with Crippen molar-refractivity contribution in [3.63, 3.8) is 0 Å². The molecule has 25 heavy (non-hydrogen) atoms. The lowest BCUT2D eigenvalue weighted by Gasteiger charge is -2.26. The molecule has 2 aliphatic heterocycles. The smallest absolute Gasteiger partial charge is 0.169 e. The van der Waals surface area contributed by atoms with Crippen LogP contribution in [-0.4, -0.2) is 59.7 Å². The van der Waals surface area contributed by atoms with Crippen LogP contribution >= 0.6 is 0 Å². The minimum absolute atomic E-state index is 0.237. The second kappa shape index (κ2) is 7.42. The number of nitrogens with zero attached hydrogens (tertiary/aromatic N) is 5. The van der Waals surface area contributed by atoms with Gasteiger partial charge in [0.25, 0.3) is 0 Å². The SMILES string of the molecule is N#Cc1c(N2CC[C@@H](OCCN3CCCCC3)C2)nc2ccccn12. The van der Waals surface area contributed by atoms with Gasteiger partial charge >= 0.3 is 0 Å². The van der Waals surface area contributed by atoms with E-state index < -0.39 is 0 Å². The molecule has 0 unspecified atom stereocenters. The second-order valence-electron chi connectivity index (χ2n) is 6.95. The van der Waals surface area contributed by atoms with Gasteiger partial charge in [-0.25, -0.2) is 4.98 Å². The molecule has 2 aromatic rings. The van der Waals surface area contributed by atoms with Crippen LogP contribution in [0.1, 0.15) is 31.4 Å². The zero-order valence-electron chi connectivity index (χ0n) is 14.6. The molecule has 0 radical (unpaired) electrons. The highest BCUT2D eigenvalue weighted by molar-refractivity contribution is 5.60. The highest BCUT2D eigenvalue weighted by Crippen LogP contribution is 2.25. The Labute approximate surface area is 148 Å². The molecule has 0 amide bonds. The summed E-state index contributed by atoms with van der Waals surface area (Å²) in [7, 11) is 0. The lowest BCUT2D eigenvalue weighted by molar-refractivity contribution is 0.0467. The van der Waals surface area contributed by atoms with Crippen LogP contribution in [0.2, 0.25) is 0 Å². The number of pyridine rings is 1. The zero-order valence-corrected chi connectivity index (χ0v) is 14.6. The van der Waals surface area contributed by atoms with Gasteiger partial charge in [-0.3, -0.25) is 4.40 Å². The van der Waals surface area contributed by atoms with Gasteiger partial charge in [0, 0.05) is 25.8 Å². The van der Waals surface area contributed by atoms with E-state index >= 15 is 0 Å². The van der Waals surface area contributed by atoms with E-state index in [2.05, 4.69) is 20.9 Å². The van der Waals surface area contributed by atoms with Crippen molar-refractivity contribution in [3.05, 3.63) is 30.1 Å². The number of fused-ring (bicyclic) bond motifs is 1. The molecule has 2 fully saturated rings. The Balaban J connectivity index is 1.35.